The fraction of sp³-hybridized carbons (Fsp3) is 0.933. The summed E-state index contributed by atoms with van der Waals surface area (Å²) >= 11 is 0. The number of likely N-dealkylation sites (N-methyl/N-ethyl adjacent to an activating group) is 1. The Morgan fingerprint density at radius 3 is 2.40 bits per heavy atom. The fourth-order valence-corrected chi connectivity index (χ4v) is 2.44. The molecule has 3 atom stereocenters. The summed E-state index contributed by atoms with van der Waals surface area (Å²) in [5.41, 5.74) is 5.93. The van der Waals surface area contributed by atoms with Crippen LogP contribution in [0, 0.1) is 11.8 Å². The first-order chi connectivity index (χ1) is 9.43. The lowest BCUT2D eigenvalue weighted by Crippen LogP contribution is -2.49. The molecule has 0 aliphatic carbocycles. The van der Waals surface area contributed by atoms with Crippen LogP contribution in [0.3, 0.4) is 0 Å². The van der Waals surface area contributed by atoms with Gasteiger partial charge >= 0.3 is 0 Å². The van der Waals surface area contributed by atoms with Crippen molar-refractivity contribution >= 4 is 5.91 Å². The van der Waals surface area contributed by atoms with Crippen molar-refractivity contribution in [3.8, 4) is 0 Å². The molecule has 20 heavy (non-hydrogen) atoms. The second kappa shape index (κ2) is 8.60. The van der Waals surface area contributed by atoms with Crippen LogP contribution >= 0.6 is 0 Å². The van der Waals surface area contributed by atoms with Crippen molar-refractivity contribution in [3.63, 3.8) is 0 Å². The molecule has 0 aromatic rings. The highest BCUT2D eigenvalue weighted by atomic mass is 16.2. The van der Waals surface area contributed by atoms with Gasteiger partial charge in [0.2, 0.25) is 5.91 Å². The zero-order chi connectivity index (χ0) is 15.1. The predicted octanol–water partition coefficient (Wildman–Crippen LogP) is 0.360. The SMILES string of the molecule is CCC(C)C(N)C(=O)NCC(C)CN1CCN(C)CC1. The van der Waals surface area contributed by atoms with Gasteiger partial charge in [0.25, 0.3) is 0 Å². The molecular weight excluding hydrogens is 252 g/mol. The van der Waals surface area contributed by atoms with Crippen LogP contribution in [0.15, 0.2) is 0 Å². The Morgan fingerprint density at radius 1 is 1.25 bits per heavy atom. The first-order valence-corrected chi connectivity index (χ1v) is 7.88. The van der Waals surface area contributed by atoms with Gasteiger partial charge in [-0.3, -0.25) is 4.79 Å². The van der Waals surface area contributed by atoms with Crippen LogP contribution in [-0.4, -0.2) is 68.1 Å². The van der Waals surface area contributed by atoms with Gasteiger partial charge in [-0.1, -0.05) is 27.2 Å². The third-order valence-corrected chi connectivity index (χ3v) is 4.35. The van der Waals surface area contributed by atoms with E-state index in [0.717, 1.165) is 45.7 Å². The van der Waals surface area contributed by atoms with E-state index in [-0.39, 0.29) is 17.9 Å². The second-order valence-electron chi connectivity index (χ2n) is 6.37. The van der Waals surface area contributed by atoms with Crippen LogP contribution < -0.4 is 11.1 Å². The highest BCUT2D eigenvalue weighted by molar-refractivity contribution is 5.81. The predicted molar refractivity (Wildman–Crippen MR) is 83.5 cm³/mol. The first kappa shape index (κ1) is 17.4. The molecule has 3 unspecified atom stereocenters. The maximum absolute atomic E-state index is 11.9. The average molecular weight is 284 g/mol. The lowest BCUT2D eigenvalue weighted by Gasteiger charge is -2.34. The number of amides is 1. The van der Waals surface area contributed by atoms with Gasteiger partial charge in [0, 0.05) is 39.3 Å². The lowest BCUT2D eigenvalue weighted by atomic mass is 9.99. The van der Waals surface area contributed by atoms with E-state index in [1.807, 2.05) is 6.92 Å². The summed E-state index contributed by atoms with van der Waals surface area (Å²) in [7, 11) is 2.16. The van der Waals surface area contributed by atoms with Gasteiger partial charge < -0.3 is 20.9 Å². The molecule has 1 heterocycles. The molecule has 0 radical (unpaired) electrons. The molecule has 118 valence electrons. The molecule has 0 spiro atoms. The van der Waals surface area contributed by atoms with Gasteiger partial charge in [-0.15, -0.1) is 0 Å². The van der Waals surface area contributed by atoms with Gasteiger partial charge in [0.1, 0.15) is 0 Å². The zero-order valence-corrected chi connectivity index (χ0v) is 13.6. The van der Waals surface area contributed by atoms with Crippen molar-refractivity contribution in [2.45, 2.75) is 33.2 Å². The molecule has 5 heteroatoms. The number of carbonyl (C=O) groups is 1. The number of nitrogens with one attached hydrogen (secondary N) is 1. The molecule has 3 N–H and O–H groups in total. The van der Waals surface area contributed by atoms with Crippen molar-refractivity contribution in [1.82, 2.24) is 15.1 Å². The summed E-state index contributed by atoms with van der Waals surface area (Å²) in [5.74, 6) is 0.694. The summed E-state index contributed by atoms with van der Waals surface area (Å²) in [4.78, 5) is 16.8. The number of hydrogen-bond donors (Lipinski definition) is 2. The van der Waals surface area contributed by atoms with Crippen LogP contribution in [-0.2, 0) is 4.79 Å². The van der Waals surface area contributed by atoms with E-state index in [4.69, 9.17) is 5.73 Å². The lowest BCUT2D eigenvalue weighted by molar-refractivity contribution is -0.123. The van der Waals surface area contributed by atoms with Gasteiger partial charge in [-0.25, -0.2) is 0 Å². The number of nitrogens with zero attached hydrogens (tertiary/aromatic N) is 2. The normalized spacial score (nSPS) is 22.2. The van der Waals surface area contributed by atoms with Crippen LogP contribution in [0.2, 0.25) is 0 Å². The molecule has 0 saturated carbocycles. The third-order valence-electron chi connectivity index (χ3n) is 4.35. The van der Waals surface area contributed by atoms with Crippen LogP contribution in [0.4, 0.5) is 0 Å². The number of hydrogen-bond acceptors (Lipinski definition) is 4. The maximum Gasteiger partial charge on any atom is 0.237 e. The Bertz CT molecular complexity index is 290. The average Bonchev–Trinajstić information content (AvgIpc) is 2.45. The Morgan fingerprint density at radius 2 is 1.85 bits per heavy atom. The van der Waals surface area contributed by atoms with E-state index >= 15 is 0 Å². The Hall–Kier alpha value is -0.650. The molecule has 5 nitrogen and oxygen atoms in total. The molecule has 1 rings (SSSR count). The molecule has 1 amide bonds. The molecule has 1 aliphatic rings. The minimum Gasteiger partial charge on any atom is -0.354 e. The smallest absolute Gasteiger partial charge is 0.237 e. The molecular formula is C15H32N4O. The molecule has 0 aromatic heterocycles. The monoisotopic (exact) mass is 284 g/mol. The van der Waals surface area contributed by atoms with Gasteiger partial charge in [0.15, 0.2) is 0 Å². The second-order valence-corrected chi connectivity index (χ2v) is 6.37. The van der Waals surface area contributed by atoms with E-state index < -0.39 is 0 Å². The highest BCUT2D eigenvalue weighted by Gasteiger charge is 2.20. The highest BCUT2D eigenvalue weighted by Crippen LogP contribution is 2.06. The topological polar surface area (TPSA) is 61.6 Å². The Labute approximate surface area is 123 Å². The van der Waals surface area contributed by atoms with Crippen molar-refractivity contribution in [2.75, 3.05) is 46.3 Å². The third kappa shape index (κ3) is 5.77. The fourth-order valence-electron chi connectivity index (χ4n) is 2.44. The Balaban J connectivity index is 2.22. The number of nitrogens with two attached hydrogens (primary N) is 1. The summed E-state index contributed by atoms with van der Waals surface area (Å²) < 4.78 is 0. The van der Waals surface area contributed by atoms with Crippen LogP contribution in [0.25, 0.3) is 0 Å². The van der Waals surface area contributed by atoms with Crippen LogP contribution in [0.5, 0.6) is 0 Å². The largest absolute Gasteiger partial charge is 0.354 e. The summed E-state index contributed by atoms with van der Waals surface area (Å²) in [6.45, 7) is 12.6. The number of piperazine rings is 1. The van der Waals surface area contributed by atoms with Crippen molar-refractivity contribution < 1.29 is 4.79 Å². The van der Waals surface area contributed by atoms with E-state index in [0.29, 0.717) is 5.92 Å². The van der Waals surface area contributed by atoms with Gasteiger partial charge in [0.05, 0.1) is 6.04 Å². The minimum absolute atomic E-state index is 0.00965. The maximum atomic E-state index is 11.9. The van der Waals surface area contributed by atoms with Crippen LogP contribution in [0.1, 0.15) is 27.2 Å². The molecule has 1 saturated heterocycles. The van der Waals surface area contributed by atoms with Crippen molar-refractivity contribution in [2.24, 2.45) is 17.6 Å². The number of rotatable bonds is 7. The zero-order valence-electron chi connectivity index (χ0n) is 13.6. The molecule has 0 aromatic carbocycles. The quantitative estimate of drug-likeness (QED) is 0.709. The summed E-state index contributed by atoms with van der Waals surface area (Å²) in [6, 6.07) is -0.379. The van der Waals surface area contributed by atoms with Gasteiger partial charge in [-0.2, -0.15) is 0 Å². The Kier molecular flexibility index (Phi) is 7.48. The van der Waals surface area contributed by atoms with Crippen molar-refractivity contribution in [3.05, 3.63) is 0 Å². The van der Waals surface area contributed by atoms with E-state index in [9.17, 15) is 4.79 Å². The van der Waals surface area contributed by atoms with E-state index in [2.05, 4.69) is 36.0 Å². The molecule has 1 aliphatic heterocycles. The van der Waals surface area contributed by atoms with E-state index in [1.54, 1.807) is 0 Å². The first-order valence-electron chi connectivity index (χ1n) is 7.88. The summed E-state index contributed by atoms with van der Waals surface area (Å²) in [5, 5.41) is 2.99. The molecule has 1 fully saturated rings. The molecule has 0 bridgehead atoms. The van der Waals surface area contributed by atoms with Crippen molar-refractivity contribution in [1.29, 1.82) is 0 Å². The number of carbonyl (C=O) groups excluding carboxylic acids is 1. The summed E-state index contributed by atoms with van der Waals surface area (Å²) in [6.07, 6.45) is 0.936. The van der Waals surface area contributed by atoms with E-state index in [1.165, 1.54) is 0 Å². The standard InChI is InChI=1S/C15H32N4O/c1-5-13(3)14(16)15(20)17-10-12(2)11-19-8-6-18(4)7-9-19/h12-14H,5-11,16H2,1-4H3,(H,17,20). The van der Waals surface area contributed by atoms with Gasteiger partial charge in [-0.05, 0) is 18.9 Å². The minimum atomic E-state index is -0.379.